The summed E-state index contributed by atoms with van der Waals surface area (Å²) >= 11 is 1.06. The number of amides is 3. The van der Waals surface area contributed by atoms with Gasteiger partial charge in [-0.15, -0.1) is 0 Å². The summed E-state index contributed by atoms with van der Waals surface area (Å²) in [6.07, 6.45) is 1.35. The van der Waals surface area contributed by atoms with Crippen molar-refractivity contribution in [3.8, 4) is 0 Å². The molecular formula is C14H22N4O3S. The van der Waals surface area contributed by atoms with E-state index in [-0.39, 0.29) is 29.3 Å². The molecule has 8 heteroatoms. The summed E-state index contributed by atoms with van der Waals surface area (Å²) in [5.74, 6) is -0.314. The van der Waals surface area contributed by atoms with E-state index in [4.69, 9.17) is 5.41 Å². The maximum absolute atomic E-state index is 12.6. The van der Waals surface area contributed by atoms with Crippen LogP contribution in [0, 0.1) is 11.3 Å². The smallest absolute Gasteiger partial charge is 0.242 e. The van der Waals surface area contributed by atoms with Crippen LogP contribution in [0.1, 0.15) is 33.1 Å². The Morgan fingerprint density at radius 2 is 2.14 bits per heavy atom. The zero-order valence-corrected chi connectivity index (χ0v) is 13.7. The Labute approximate surface area is 134 Å². The number of rotatable bonds is 4. The van der Waals surface area contributed by atoms with Gasteiger partial charge in [0.2, 0.25) is 17.7 Å². The van der Waals surface area contributed by atoms with Crippen molar-refractivity contribution in [3.63, 3.8) is 0 Å². The van der Waals surface area contributed by atoms with E-state index in [1.807, 2.05) is 13.8 Å². The molecule has 0 aromatic carbocycles. The molecule has 7 nitrogen and oxygen atoms in total. The highest BCUT2D eigenvalue weighted by molar-refractivity contribution is 8.15. The van der Waals surface area contributed by atoms with Gasteiger partial charge in [0.05, 0.1) is 0 Å². The van der Waals surface area contributed by atoms with E-state index in [1.165, 1.54) is 0 Å². The van der Waals surface area contributed by atoms with Gasteiger partial charge in [0, 0.05) is 19.5 Å². The summed E-state index contributed by atoms with van der Waals surface area (Å²) in [5.41, 5.74) is 0. The molecule has 2 rings (SSSR count). The van der Waals surface area contributed by atoms with Crippen molar-refractivity contribution < 1.29 is 14.4 Å². The Morgan fingerprint density at radius 1 is 1.41 bits per heavy atom. The quantitative estimate of drug-likeness (QED) is 0.691. The van der Waals surface area contributed by atoms with Crippen LogP contribution in [0.3, 0.4) is 0 Å². The zero-order valence-electron chi connectivity index (χ0n) is 12.8. The minimum atomic E-state index is -0.564. The predicted molar refractivity (Wildman–Crippen MR) is 84.4 cm³/mol. The molecule has 122 valence electrons. The summed E-state index contributed by atoms with van der Waals surface area (Å²) in [6, 6.07) is -0.469. The van der Waals surface area contributed by atoms with Crippen molar-refractivity contribution in [3.05, 3.63) is 0 Å². The number of hydrogen-bond donors (Lipinski definition) is 3. The molecule has 0 bridgehead atoms. The van der Waals surface area contributed by atoms with Crippen molar-refractivity contribution in [2.24, 2.45) is 5.92 Å². The first-order valence-corrected chi connectivity index (χ1v) is 8.39. The molecule has 2 aliphatic rings. The molecule has 0 aliphatic carbocycles. The number of carbonyl (C=O) groups excluding carboxylic acids is 3. The molecule has 3 amide bonds. The Bertz CT molecular complexity index is 494. The topological polar surface area (TPSA) is 102 Å². The average Bonchev–Trinajstić information content (AvgIpc) is 2.63. The van der Waals surface area contributed by atoms with Gasteiger partial charge in [0.25, 0.3) is 0 Å². The van der Waals surface area contributed by atoms with E-state index >= 15 is 0 Å². The van der Waals surface area contributed by atoms with E-state index in [1.54, 1.807) is 4.90 Å². The Balaban J connectivity index is 2.08. The van der Waals surface area contributed by atoms with E-state index in [0.717, 1.165) is 11.8 Å². The van der Waals surface area contributed by atoms with Crippen molar-refractivity contribution in [2.45, 2.75) is 44.4 Å². The molecule has 0 radical (unpaired) electrons. The number of thioether (sulfide) groups is 1. The molecule has 2 heterocycles. The van der Waals surface area contributed by atoms with Crippen molar-refractivity contribution in [2.75, 3.05) is 13.1 Å². The molecule has 2 saturated heterocycles. The number of amidine groups is 1. The van der Waals surface area contributed by atoms with Crippen LogP contribution in [-0.4, -0.2) is 52.2 Å². The third-order valence-corrected chi connectivity index (χ3v) is 4.72. The van der Waals surface area contributed by atoms with E-state index in [9.17, 15) is 14.4 Å². The highest BCUT2D eigenvalue weighted by Gasteiger charge is 2.36. The molecule has 0 spiro atoms. The minimum absolute atomic E-state index is 0.0285. The lowest BCUT2D eigenvalue weighted by Gasteiger charge is -2.30. The number of nitrogens with one attached hydrogen (secondary N) is 3. The fraction of sp³-hybridized carbons (Fsp3) is 0.714. The molecule has 0 aromatic rings. The summed E-state index contributed by atoms with van der Waals surface area (Å²) in [4.78, 5) is 38.1. The molecule has 0 saturated carbocycles. The molecule has 2 unspecified atom stereocenters. The summed E-state index contributed by atoms with van der Waals surface area (Å²) in [7, 11) is 0. The van der Waals surface area contributed by atoms with Gasteiger partial charge in [-0.2, -0.15) is 0 Å². The second-order valence-electron chi connectivity index (χ2n) is 6.01. The van der Waals surface area contributed by atoms with Crippen molar-refractivity contribution in [1.29, 1.82) is 5.41 Å². The maximum Gasteiger partial charge on any atom is 0.242 e. The summed E-state index contributed by atoms with van der Waals surface area (Å²) in [5, 5.41) is 12.2. The molecule has 2 aliphatic heterocycles. The highest BCUT2D eigenvalue weighted by Crippen LogP contribution is 2.24. The molecule has 3 N–H and O–H groups in total. The van der Waals surface area contributed by atoms with E-state index in [0.29, 0.717) is 31.8 Å². The number of nitrogens with zero attached hydrogens (tertiary/aromatic N) is 1. The first-order chi connectivity index (χ1) is 10.4. The predicted octanol–water partition coefficient (Wildman–Crippen LogP) is 0.306. The van der Waals surface area contributed by atoms with Gasteiger partial charge in [0.1, 0.15) is 11.3 Å². The zero-order chi connectivity index (χ0) is 16.3. The third kappa shape index (κ3) is 4.00. The number of hydrogen-bond acceptors (Lipinski definition) is 5. The third-order valence-electron chi connectivity index (χ3n) is 3.72. The Morgan fingerprint density at radius 3 is 2.73 bits per heavy atom. The lowest BCUT2D eigenvalue weighted by Crippen LogP contribution is -2.48. The lowest BCUT2D eigenvalue weighted by molar-refractivity contribution is -0.140. The van der Waals surface area contributed by atoms with Crippen LogP contribution in [0.2, 0.25) is 0 Å². The Kier molecular flexibility index (Phi) is 5.44. The average molecular weight is 326 g/mol. The fourth-order valence-corrected chi connectivity index (χ4v) is 3.52. The van der Waals surface area contributed by atoms with Crippen LogP contribution in [0.25, 0.3) is 0 Å². The monoisotopic (exact) mass is 326 g/mol. The first kappa shape index (κ1) is 16.8. The van der Waals surface area contributed by atoms with Crippen LogP contribution in [-0.2, 0) is 14.4 Å². The highest BCUT2D eigenvalue weighted by atomic mass is 32.2. The van der Waals surface area contributed by atoms with Crippen molar-refractivity contribution >= 4 is 34.7 Å². The first-order valence-electron chi connectivity index (χ1n) is 7.51. The van der Waals surface area contributed by atoms with Gasteiger partial charge in [0.15, 0.2) is 5.17 Å². The van der Waals surface area contributed by atoms with Crippen LogP contribution in [0.5, 0.6) is 0 Å². The second kappa shape index (κ2) is 7.13. The molecular weight excluding hydrogens is 304 g/mol. The van der Waals surface area contributed by atoms with Crippen molar-refractivity contribution in [1.82, 2.24) is 15.5 Å². The summed E-state index contributed by atoms with van der Waals surface area (Å²) in [6.45, 7) is 5.12. The van der Waals surface area contributed by atoms with Crippen LogP contribution in [0.4, 0.5) is 0 Å². The second-order valence-corrected chi connectivity index (χ2v) is 7.22. The molecule has 2 fully saturated rings. The van der Waals surface area contributed by atoms with Crippen LogP contribution in [0.15, 0.2) is 0 Å². The molecule has 2 atom stereocenters. The summed E-state index contributed by atoms with van der Waals surface area (Å²) < 4.78 is 0. The van der Waals surface area contributed by atoms with Gasteiger partial charge >= 0.3 is 0 Å². The lowest BCUT2D eigenvalue weighted by atomic mass is 10.0. The van der Waals surface area contributed by atoms with Gasteiger partial charge in [-0.05, 0) is 18.8 Å². The van der Waals surface area contributed by atoms with Gasteiger partial charge < -0.3 is 15.5 Å². The molecule has 22 heavy (non-hydrogen) atoms. The standard InChI is InChI=1S/C14H22N4O3S/c1-8(2)6-9-12(20)16-4-3-5-18(9)11(19)7-10-13(21)17-14(15)22-10/h8-10H,3-7H2,1-2H3,(H,16,20)(H2,15,17,21). The minimum Gasteiger partial charge on any atom is -0.354 e. The van der Waals surface area contributed by atoms with Gasteiger partial charge in [-0.1, -0.05) is 25.6 Å². The maximum atomic E-state index is 12.6. The van der Waals surface area contributed by atoms with Gasteiger partial charge in [-0.25, -0.2) is 0 Å². The molecule has 0 aromatic heterocycles. The normalized spacial score (nSPS) is 26.0. The van der Waals surface area contributed by atoms with E-state index in [2.05, 4.69) is 10.6 Å². The van der Waals surface area contributed by atoms with Crippen LogP contribution < -0.4 is 10.6 Å². The largest absolute Gasteiger partial charge is 0.354 e. The van der Waals surface area contributed by atoms with Crippen LogP contribution >= 0.6 is 11.8 Å². The fourth-order valence-electron chi connectivity index (χ4n) is 2.68. The SMILES string of the molecule is CC(C)CC1C(=O)NCCCN1C(=O)CC1SC(=N)NC1=O. The van der Waals surface area contributed by atoms with Gasteiger partial charge in [-0.3, -0.25) is 19.8 Å². The van der Waals surface area contributed by atoms with E-state index < -0.39 is 11.3 Å². The number of carbonyl (C=O) groups is 3. The Hall–Kier alpha value is -1.57.